The highest BCUT2D eigenvalue weighted by molar-refractivity contribution is 6.03. The van der Waals surface area contributed by atoms with Gasteiger partial charge in [-0.05, 0) is 76.3 Å². The molecule has 0 aliphatic heterocycles. The lowest BCUT2D eigenvalue weighted by Crippen LogP contribution is -2.38. The lowest BCUT2D eigenvalue weighted by Gasteiger charge is -2.37. The molecule has 4 nitrogen and oxygen atoms in total. The van der Waals surface area contributed by atoms with Gasteiger partial charge in [0.25, 0.3) is 0 Å². The van der Waals surface area contributed by atoms with E-state index in [1.807, 2.05) is 0 Å². The van der Waals surface area contributed by atoms with Crippen LogP contribution in [0.5, 0.6) is 0 Å². The summed E-state index contributed by atoms with van der Waals surface area (Å²) in [5.41, 5.74) is -0.123. The first-order chi connectivity index (χ1) is 13.5. The molecule has 154 valence electrons. The maximum absolute atomic E-state index is 13.0. The van der Waals surface area contributed by atoms with Crippen molar-refractivity contribution in [2.24, 2.45) is 0 Å². The number of benzene rings is 1. The lowest BCUT2D eigenvalue weighted by atomic mass is 9.82. The number of carbonyl (C=O) groups excluding carboxylic acids is 2. The number of rotatable bonds is 6. The van der Waals surface area contributed by atoms with E-state index in [1.165, 1.54) is 12.8 Å². The molecule has 0 aromatic heterocycles. The summed E-state index contributed by atoms with van der Waals surface area (Å²) in [7, 11) is 0. The second kappa shape index (κ2) is 9.11. The number of ether oxygens (including phenoxy) is 2. The van der Waals surface area contributed by atoms with Crippen LogP contribution in [0.3, 0.4) is 0 Å². The van der Waals surface area contributed by atoms with E-state index in [9.17, 15) is 9.59 Å². The molecule has 0 unspecified atom stereocenters. The molecule has 0 radical (unpaired) electrons. The van der Waals surface area contributed by atoms with Crippen LogP contribution >= 0.6 is 0 Å². The number of hydrogen-bond donors (Lipinski definition) is 0. The van der Waals surface area contributed by atoms with E-state index in [2.05, 4.69) is 13.8 Å². The fraction of sp³-hybridized carbons (Fsp3) is 0.667. The number of carbonyl (C=O) groups is 2. The molecule has 4 heteroatoms. The van der Waals surface area contributed by atoms with Gasteiger partial charge >= 0.3 is 11.9 Å². The smallest absolute Gasteiger partial charge is 0.339 e. The van der Waals surface area contributed by atoms with Gasteiger partial charge in [-0.15, -0.1) is 0 Å². The predicted molar refractivity (Wildman–Crippen MR) is 109 cm³/mol. The molecule has 2 aliphatic rings. The third-order valence-corrected chi connectivity index (χ3v) is 6.80. The minimum Gasteiger partial charge on any atom is -0.455 e. The Hall–Kier alpha value is -1.84. The molecule has 2 aliphatic carbocycles. The maximum Gasteiger partial charge on any atom is 0.339 e. The van der Waals surface area contributed by atoms with Crippen molar-refractivity contribution in [2.45, 2.75) is 102 Å². The van der Waals surface area contributed by atoms with Crippen molar-refractivity contribution in [3.8, 4) is 0 Å². The Labute approximate surface area is 169 Å². The Morgan fingerprint density at radius 3 is 1.39 bits per heavy atom. The zero-order valence-electron chi connectivity index (χ0n) is 17.4. The van der Waals surface area contributed by atoms with Crippen molar-refractivity contribution >= 4 is 11.9 Å². The normalized spacial score (nSPS) is 20.9. The molecule has 0 amide bonds. The summed E-state index contributed by atoms with van der Waals surface area (Å²) < 4.78 is 12.0. The van der Waals surface area contributed by atoms with Crippen molar-refractivity contribution in [1.29, 1.82) is 0 Å². The second-order valence-corrected chi connectivity index (χ2v) is 8.52. The molecule has 28 heavy (non-hydrogen) atoms. The zero-order chi connectivity index (χ0) is 20.0. The van der Waals surface area contributed by atoms with Crippen LogP contribution in [0.15, 0.2) is 24.3 Å². The van der Waals surface area contributed by atoms with Crippen molar-refractivity contribution in [3.05, 3.63) is 35.4 Å². The summed E-state index contributed by atoms with van der Waals surface area (Å²) >= 11 is 0. The van der Waals surface area contributed by atoms with Crippen LogP contribution in [0.1, 0.15) is 112 Å². The van der Waals surface area contributed by atoms with Gasteiger partial charge in [-0.25, -0.2) is 9.59 Å². The highest BCUT2D eigenvalue weighted by Gasteiger charge is 2.37. The summed E-state index contributed by atoms with van der Waals surface area (Å²) in [5, 5.41) is 0. The van der Waals surface area contributed by atoms with Gasteiger partial charge in [0.1, 0.15) is 11.2 Å². The van der Waals surface area contributed by atoms with Crippen molar-refractivity contribution in [3.63, 3.8) is 0 Å². The van der Waals surface area contributed by atoms with Crippen molar-refractivity contribution < 1.29 is 19.1 Å². The van der Waals surface area contributed by atoms with E-state index < -0.39 is 11.9 Å². The van der Waals surface area contributed by atoms with Crippen LogP contribution in [0.4, 0.5) is 0 Å². The Balaban J connectivity index is 1.78. The first-order valence-electron chi connectivity index (χ1n) is 11.1. The molecule has 1 aromatic carbocycles. The first kappa shape index (κ1) is 20.9. The summed E-state index contributed by atoms with van der Waals surface area (Å²) in [6, 6.07) is 6.93. The molecule has 0 N–H and O–H groups in total. The van der Waals surface area contributed by atoms with Crippen LogP contribution in [-0.2, 0) is 9.47 Å². The van der Waals surface area contributed by atoms with Crippen LogP contribution in [-0.4, -0.2) is 23.1 Å². The third kappa shape index (κ3) is 4.59. The Morgan fingerprint density at radius 1 is 0.714 bits per heavy atom. The topological polar surface area (TPSA) is 52.6 Å². The fourth-order valence-electron chi connectivity index (χ4n) is 4.79. The Kier molecular flexibility index (Phi) is 6.79. The fourth-order valence-corrected chi connectivity index (χ4v) is 4.79. The van der Waals surface area contributed by atoms with Gasteiger partial charge in [0.2, 0.25) is 0 Å². The van der Waals surface area contributed by atoms with E-state index in [0.29, 0.717) is 11.1 Å². The summed E-state index contributed by atoms with van der Waals surface area (Å²) in [6.07, 6.45) is 12.0. The van der Waals surface area contributed by atoms with Crippen LogP contribution in [0, 0.1) is 0 Å². The van der Waals surface area contributed by atoms with E-state index in [4.69, 9.17) is 9.47 Å². The van der Waals surface area contributed by atoms with Gasteiger partial charge < -0.3 is 9.47 Å². The molecular formula is C24H34O4. The third-order valence-electron chi connectivity index (χ3n) is 6.80. The largest absolute Gasteiger partial charge is 0.455 e. The van der Waals surface area contributed by atoms with Crippen LogP contribution in [0.25, 0.3) is 0 Å². The van der Waals surface area contributed by atoms with Crippen LogP contribution in [0.2, 0.25) is 0 Å². The minimum atomic E-state index is -0.398. The first-order valence-corrected chi connectivity index (χ1v) is 11.1. The Morgan fingerprint density at radius 2 is 1.07 bits per heavy atom. The predicted octanol–water partition coefficient (Wildman–Crippen LogP) is 6.23. The molecule has 0 bridgehead atoms. The zero-order valence-corrected chi connectivity index (χ0v) is 17.4. The summed E-state index contributed by atoms with van der Waals surface area (Å²) in [6.45, 7) is 4.15. The van der Waals surface area contributed by atoms with E-state index in [-0.39, 0.29) is 11.2 Å². The highest BCUT2D eigenvalue weighted by Crippen LogP contribution is 2.37. The summed E-state index contributed by atoms with van der Waals surface area (Å²) in [5.74, 6) is -0.795. The van der Waals surface area contributed by atoms with Crippen LogP contribution < -0.4 is 0 Å². The molecule has 1 aromatic rings. The van der Waals surface area contributed by atoms with E-state index >= 15 is 0 Å². The van der Waals surface area contributed by atoms with Gasteiger partial charge in [0.15, 0.2) is 0 Å². The molecular weight excluding hydrogens is 352 g/mol. The van der Waals surface area contributed by atoms with Gasteiger partial charge in [0.05, 0.1) is 11.1 Å². The van der Waals surface area contributed by atoms with E-state index in [0.717, 1.165) is 64.2 Å². The van der Waals surface area contributed by atoms with Gasteiger partial charge in [-0.3, -0.25) is 0 Å². The SMILES string of the molecule is CCC1(OC(=O)c2ccccc2C(=O)OC2(CC)CCCCC2)CCCCC1. The molecule has 0 saturated heterocycles. The highest BCUT2D eigenvalue weighted by atomic mass is 16.6. The van der Waals surface area contributed by atoms with Gasteiger partial charge in [-0.1, -0.05) is 38.8 Å². The number of hydrogen-bond acceptors (Lipinski definition) is 4. The molecule has 2 fully saturated rings. The molecule has 0 atom stereocenters. The molecule has 0 heterocycles. The second-order valence-electron chi connectivity index (χ2n) is 8.52. The lowest BCUT2D eigenvalue weighted by molar-refractivity contribution is -0.0436. The van der Waals surface area contributed by atoms with Crippen molar-refractivity contribution in [2.75, 3.05) is 0 Å². The average Bonchev–Trinajstić information content (AvgIpc) is 2.75. The molecule has 0 spiro atoms. The summed E-state index contributed by atoms with van der Waals surface area (Å²) in [4.78, 5) is 26.0. The monoisotopic (exact) mass is 386 g/mol. The minimum absolute atomic E-state index is 0.327. The number of esters is 2. The molecule has 3 rings (SSSR count). The van der Waals surface area contributed by atoms with E-state index in [1.54, 1.807) is 24.3 Å². The quantitative estimate of drug-likeness (QED) is 0.544. The Bertz CT molecular complexity index is 623. The maximum atomic E-state index is 13.0. The van der Waals surface area contributed by atoms with Crippen molar-refractivity contribution in [1.82, 2.24) is 0 Å². The average molecular weight is 387 g/mol. The molecule has 2 saturated carbocycles. The standard InChI is InChI=1S/C24H34O4/c1-3-23(15-9-5-10-16-23)27-21(25)19-13-7-8-14-20(19)22(26)28-24(4-2)17-11-6-12-18-24/h7-8,13-14H,3-6,9-12,15-18H2,1-2H3. The van der Waals surface area contributed by atoms with Gasteiger partial charge in [-0.2, -0.15) is 0 Å². The van der Waals surface area contributed by atoms with Gasteiger partial charge in [0, 0.05) is 0 Å².